The lowest BCUT2D eigenvalue weighted by atomic mass is 9.99. The largest absolute Gasteiger partial charge is 0.310 e. The van der Waals surface area contributed by atoms with E-state index >= 15 is 0 Å². The first-order chi connectivity index (χ1) is 9.60. The molecular weight excluding hydrogens is 341 g/mol. The van der Waals surface area contributed by atoms with Crippen LogP contribution in [0.3, 0.4) is 0 Å². The number of rotatable bonds is 9. The predicted molar refractivity (Wildman–Crippen MR) is 88.9 cm³/mol. The van der Waals surface area contributed by atoms with E-state index in [0.29, 0.717) is 15.1 Å². The smallest absolute Gasteiger partial charge is 0.129 e. The van der Waals surface area contributed by atoms with E-state index in [1.54, 1.807) is 6.07 Å². The summed E-state index contributed by atoms with van der Waals surface area (Å²) in [4.78, 5) is 0. The van der Waals surface area contributed by atoms with Crippen molar-refractivity contribution in [3.63, 3.8) is 0 Å². The van der Waals surface area contributed by atoms with Crippen LogP contribution in [0.15, 0.2) is 16.6 Å². The van der Waals surface area contributed by atoms with E-state index in [1.807, 2.05) is 0 Å². The average Bonchev–Trinajstić information content (AvgIpc) is 2.42. The second-order valence-corrected chi connectivity index (χ2v) is 6.41. The number of hydrogen-bond acceptors (Lipinski definition) is 1. The Morgan fingerprint density at radius 1 is 1.20 bits per heavy atom. The molecule has 0 heterocycles. The minimum absolute atomic E-state index is 0.0532. The van der Waals surface area contributed by atoms with E-state index in [9.17, 15) is 4.39 Å². The highest BCUT2D eigenvalue weighted by atomic mass is 79.9. The molecule has 20 heavy (non-hydrogen) atoms. The van der Waals surface area contributed by atoms with Gasteiger partial charge in [0.15, 0.2) is 0 Å². The fourth-order valence-corrected chi connectivity index (χ4v) is 2.75. The van der Waals surface area contributed by atoms with Gasteiger partial charge in [0, 0.05) is 16.1 Å². The molecule has 1 unspecified atom stereocenters. The van der Waals surface area contributed by atoms with Crippen LogP contribution in [0, 0.1) is 5.82 Å². The zero-order valence-electron chi connectivity index (χ0n) is 12.3. The number of hydrogen-bond donors (Lipinski definition) is 1. The fraction of sp³-hybridized carbons (Fsp3) is 0.625. The second-order valence-electron chi connectivity index (χ2n) is 5.14. The highest BCUT2D eigenvalue weighted by molar-refractivity contribution is 9.10. The molecule has 0 saturated carbocycles. The molecule has 0 fully saturated rings. The third-order valence-electron chi connectivity index (χ3n) is 3.40. The quantitative estimate of drug-likeness (QED) is 0.403. The van der Waals surface area contributed by atoms with Gasteiger partial charge >= 0.3 is 0 Å². The van der Waals surface area contributed by atoms with Crippen molar-refractivity contribution >= 4 is 27.5 Å². The van der Waals surface area contributed by atoms with Gasteiger partial charge in [0.05, 0.1) is 5.02 Å². The maximum absolute atomic E-state index is 14.2. The first-order valence-electron chi connectivity index (χ1n) is 7.48. The third kappa shape index (κ3) is 5.71. The molecule has 0 aliphatic rings. The molecule has 0 saturated heterocycles. The van der Waals surface area contributed by atoms with Crippen LogP contribution in [0.5, 0.6) is 0 Å². The minimum Gasteiger partial charge on any atom is -0.310 e. The standard InChI is InChI=1S/C16H24BrClFN/c1-3-5-6-7-8-16(20-9-4-2)12-10-14(18)13(17)11-15(12)19/h10-11,16,20H,3-9H2,1-2H3. The summed E-state index contributed by atoms with van der Waals surface area (Å²) in [5.74, 6) is -0.189. The highest BCUT2D eigenvalue weighted by Gasteiger charge is 2.16. The number of nitrogens with one attached hydrogen (secondary N) is 1. The van der Waals surface area contributed by atoms with Crippen molar-refractivity contribution in [2.24, 2.45) is 0 Å². The van der Waals surface area contributed by atoms with Crippen LogP contribution in [0.4, 0.5) is 4.39 Å². The topological polar surface area (TPSA) is 12.0 Å². The van der Waals surface area contributed by atoms with Crippen molar-refractivity contribution in [2.45, 2.75) is 58.4 Å². The van der Waals surface area contributed by atoms with Crippen LogP contribution in [0.2, 0.25) is 5.02 Å². The lowest BCUT2D eigenvalue weighted by molar-refractivity contribution is 0.451. The summed E-state index contributed by atoms with van der Waals surface area (Å²) < 4.78 is 14.8. The van der Waals surface area contributed by atoms with Crippen molar-refractivity contribution < 1.29 is 4.39 Å². The molecule has 4 heteroatoms. The van der Waals surface area contributed by atoms with E-state index in [0.717, 1.165) is 25.8 Å². The van der Waals surface area contributed by atoms with Gasteiger partial charge in [-0.3, -0.25) is 0 Å². The molecule has 0 aromatic heterocycles. The number of unbranched alkanes of at least 4 members (excludes halogenated alkanes) is 3. The molecule has 114 valence electrons. The average molecular weight is 365 g/mol. The molecule has 1 nitrogen and oxygen atoms in total. The zero-order valence-corrected chi connectivity index (χ0v) is 14.7. The molecule has 0 aliphatic heterocycles. The Bertz CT molecular complexity index is 412. The molecule has 1 aromatic carbocycles. The Morgan fingerprint density at radius 2 is 1.95 bits per heavy atom. The Morgan fingerprint density at radius 3 is 2.60 bits per heavy atom. The monoisotopic (exact) mass is 363 g/mol. The summed E-state index contributed by atoms with van der Waals surface area (Å²) in [5.41, 5.74) is 0.683. The summed E-state index contributed by atoms with van der Waals surface area (Å²) >= 11 is 9.37. The molecule has 0 radical (unpaired) electrons. The van der Waals surface area contributed by atoms with Gasteiger partial charge in [0.1, 0.15) is 5.82 Å². The summed E-state index contributed by atoms with van der Waals surface area (Å²) in [7, 11) is 0. The molecule has 1 N–H and O–H groups in total. The Balaban J connectivity index is 2.78. The lowest BCUT2D eigenvalue weighted by Crippen LogP contribution is -2.23. The van der Waals surface area contributed by atoms with Gasteiger partial charge < -0.3 is 5.32 Å². The van der Waals surface area contributed by atoms with Crippen LogP contribution in [-0.2, 0) is 0 Å². The van der Waals surface area contributed by atoms with E-state index in [1.165, 1.54) is 25.3 Å². The summed E-state index contributed by atoms with van der Waals surface area (Å²) in [6.07, 6.45) is 6.76. The third-order valence-corrected chi connectivity index (χ3v) is 4.60. The van der Waals surface area contributed by atoms with Gasteiger partial charge in [-0.1, -0.05) is 51.1 Å². The Labute approximate surface area is 135 Å². The molecule has 1 rings (SSSR count). The van der Waals surface area contributed by atoms with E-state index in [2.05, 4.69) is 35.1 Å². The van der Waals surface area contributed by atoms with Crippen LogP contribution < -0.4 is 5.32 Å². The summed E-state index contributed by atoms with van der Waals surface area (Å²) in [5, 5.41) is 4.00. The molecule has 0 aliphatic carbocycles. The van der Waals surface area contributed by atoms with Crippen molar-refractivity contribution in [3.8, 4) is 0 Å². The fourth-order valence-electron chi connectivity index (χ4n) is 2.27. The first kappa shape index (κ1) is 17.9. The van der Waals surface area contributed by atoms with Crippen LogP contribution in [-0.4, -0.2) is 6.54 Å². The van der Waals surface area contributed by atoms with Gasteiger partial charge in [-0.25, -0.2) is 4.39 Å². The molecule has 0 amide bonds. The van der Waals surface area contributed by atoms with E-state index in [-0.39, 0.29) is 11.9 Å². The van der Waals surface area contributed by atoms with Crippen LogP contribution in [0.25, 0.3) is 0 Å². The van der Waals surface area contributed by atoms with Crippen LogP contribution in [0.1, 0.15) is 64.0 Å². The van der Waals surface area contributed by atoms with E-state index in [4.69, 9.17) is 11.6 Å². The van der Waals surface area contributed by atoms with E-state index < -0.39 is 0 Å². The summed E-state index contributed by atoms with van der Waals surface area (Å²) in [6, 6.07) is 3.26. The predicted octanol–water partition coefficient (Wildman–Crippen LogP) is 6.25. The van der Waals surface area contributed by atoms with Gasteiger partial charge in [0.25, 0.3) is 0 Å². The van der Waals surface area contributed by atoms with Gasteiger partial charge in [-0.05, 0) is 47.4 Å². The van der Waals surface area contributed by atoms with Gasteiger partial charge in [0.2, 0.25) is 0 Å². The molecule has 0 bridgehead atoms. The van der Waals surface area contributed by atoms with Crippen molar-refractivity contribution in [1.29, 1.82) is 0 Å². The molecule has 1 atom stereocenters. The molecular formula is C16H24BrClFN. The Hall–Kier alpha value is -0.120. The Kier molecular flexibility index (Phi) is 8.74. The van der Waals surface area contributed by atoms with Gasteiger partial charge in [-0.15, -0.1) is 0 Å². The maximum Gasteiger partial charge on any atom is 0.129 e. The van der Waals surface area contributed by atoms with Crippen LogP contribution >= 0.6 is 27.5 Å². The zero-order chi connectivity index (χ0) is 15.0. The minimum atomic E-state index is -0.189. The van der Waals surface area contributed by atoms with Gasteiger partial charge in [-0.2, -0.15) is 0 Å². The SMILES string of the molecule is CCCCCCC(NCCC)c1cc(Cl)c(Br)cc1F. The number of benzene rings is 1. The second kappa shape index (κ2) is 9.75. The van der Waals surface area contributed by atoms with Crippen molar-refractivity contribution in [3.05, 3.63) is 33.0 Å². The molecule has 1 aromatic rings. The van der Waals surface area contributed by atoms with Crippen molar-refractivity contribution in [1.82, 2.24) is 5.32 Å². The first-order valence-corrected chi connectivity index (χ1v) is 8.65. The lowest BCUT2D eigenvalue weighted by Gasteiger charge is -2.20. The normalized spacial score (nSPS) is 12.7. The molecule has 0 spiro atoms. The summed E-state index contributed by atoms with van der Waals surface area (Å²) in [6.45, 7) is 5.21. The maximum atomic E-state index is 14.2. The number of halogens is 3. The highest BCUT2D eigenvalue weighted by Crippen LogP contribution is 2.30. The van der Waals surface area contributed by atoms with Crippen molar-refractivity contribution in [2.75, 3.05) is 6.54 Å².